The molecule has 8 heteroatoms. The SMILES string of the molecule is CN1CCN(Cc2ccc(CNC(=O)Nc3nnc(C4CCCCC4)s3)cc2)CC1. The first-order valence-electron chi connectivity index (χ1n) is 11.0. The zero-order valence-electron chi connectivity index (χ0n) is 17.8. The van der Waals surface area contributed by atoms with Gasteiger partial charge in [-0.15, -0.1) is 10.2 Å². The van der Waals surface area contributed by atoms with Gasteiger partial charge in [0, 0.05) is 45.2 Å². The largest absolute Gasteiger partial charge is 0.334 e. The van der Waals surface area contributed by atoms with Crippen LogP contribution in [0.25, 0.3) is 0 Å². The first-order chi connectivity index (χ1) is 14.7. The Bertz CT molecular complexity index is 809. The smallest absolute Gasteiger partial charge is 0.321 e. The van der Waals surface area contributed by atoms with Crippen LogP contribution in [0, 0.1) is 0 Å². The highest BCUT2D eigenvalue weighted by Crippen LogP contribution is 2.35. The summed E-state index contributed by atoms with van der Waals surface area (Å²) in [7, 11) is 2.18. The summed E-state index contributed by atoms with van der Waals surface area (Å²) < 4.78 is 0. The average molecular weight is 429 g/mol. The number of aromatic nitrogens is 2. The molecule has 2 heterocycles. The lowest BCUT2D eigenvalue weighted by Crippen LogP contribution is -2.43. The molecule has 1 aromatic carbocycles. The molecule has 2 aliphatic rings. The third kappa shape index (κ3) is 6.00. The van der Waals surface area contributed by atoms with Crippen LogP contribution in [0.1, 0.15) is 54.2 Å². The van der Waals surface area contributed by atoms with Crippen LogP contribution in [0.3, 0.4) is 0 Å². The van der Waals surface area contributed by atoms with E-state index in [-0.39, 0.29) is 6.03 Å². The summed E-state index contributed by atoms with van der Waals surface area (Å²) >= 11 is 1.51. The predicted octanol–water partition coefficient (Wildman–Crippen LogP) is 3.65. The van der Waals surface area contributed by atoms with Gasteiger partial charge in [-0.25, -0.2) is 4.79 Å². The second-order valence-electron chi connectivity index (χ2n) is 8.48. The maximum atomic E-state index is 12.2. The lowest BCUT2D eigenvalue weighted by Gasteiger charge is -2.32. The van der Waals surface area contributed by atoms with Crippen molar-refractivity contribution in [1.82, 2.24) is 25.3 Å². The predicted molar refractivity (Wildman–Crippen MR) is 121 cm³/mol. The maximum absolute atomic E-state index is 12.2. The summed E-state index contributed by atoms with van der Waals surface area (Å²) in [6, 6.07) is 8.28. The number of carbonyl (C=O) groups is 1. The number of likely N-dealkylation sites (N-methyl/N-ethyl adjacent to an activating group) is 1. The van der Waals surface area contributed by atoms with Crippen LogP contribution in [0.2, 0.25) is 0 Å². The van der Waals surface area contributed by atoms with Gasteiger partial charge in [-0.2, -0.15) is 0 Å². The van der Waals surface area contributed by atoms with E-state index in [0.29, 0.717) is 17.6 Å². The minimum Gasteiger partial charge on any atom is -0.334 e. The number of nitrogens with one attached hydrogen (secondary N) is 2. The fourth-order valence-corrected chi connectivity index (χ4v) is 5.06. The number of anilines is 1. The van der Waals surface area contributed by atoms with Gasteiger partial charge in [0.15, 0.2) is 0 Å². The molecule has 30 heavy (non-hydrogen) atoms. The number of rotatable bonds is 6. The zero-order chi connectivity index (χ0) is 20.8. The van der Waals surface area contributed by atoms with E-state index in [2.05, 4.69) is 61.9 Å². The Labute approximate surface area is 182 Å². The van der Waals surface area contributed by atoms with E-state index >= 15 is 0 Å². The molecule has 0 spiro atoms. The van der Waals surface area contributed by atoms with Gasteiger partial charge < -0.3 is 10.2 Å². The van der Waals surface area contributed by atoms with Crippen LogP contribution in [-0.2, 0) is 13.1 Å². The van der Waals surface area contributed by atoms with Gasteiger partial charge in [-0.3, -0.25) is 10.2 Å². The Hall–Kier alpha value is -2.03. The van der Waals surface area contributed by atoms with Crippen LogP contribution < -0.4 is 10.6 Å². The third-order valence-corrected chi connectivity index (χ3v) is 7.09. The molecule has 0 unspecified atom stereocenters. The fourth-order valence-electron chi connectivity index (χ4n) is 4.15. The lowest BCUT2D eigenvalue weighted by atomic mass is 9.90. The molecule has 1 aromatic heterocycles. The maximum Gasteiger partial charge on any atom is 0.321 e. The number of nitrogens with zero attached hydrogens (tertiary/aromatic N) is 4. The van der Waals surface area contributed by atoms with Crippen molar-refractivity contribution in [2.75, 3.05) is 38.5 Å². The molecule has 162 valence electrons. The summed E-state index contributed by atoms with van der Waals surface area (Å²) in [6.45, 7) is 5.99. The fraction of sp³-hybridized carbons (Fsp3) is 0.591. The summed E-state index contributed by atoms with van der Waals surface area (Å²) in [6.07, 6.45) is 6.22. The van der Waals surface area contributed by atoms with E-state index < -0.39 is 0 Å². The van der Waals surface area contributed by atoms with Crippen LogP contribution >= 0.6 is 11.3 Å². The van der Waals surface area contributed by atoms with E-state index in [1.54, 1.807) is 0 Å². The number of hydrogen-bond acceptors (Lipinski definition) is 6. The summed E-state index contributed by atoms with van der Waals surface area (Å²) in [5.41, 5.74) is 2.41. The van der Waals surface area contributed by atoms with Crippen molar-refractivity contribution in [3.05, 3.63) is 40.4 Å². The molecule has 4 rings (SSSR count). The molecule has 2 fully saturated rings. The second kappa shape index (κ2) is 10.3. The molecule has 0 radical (unpaired) electrons. The number of hydrogen-bond donors (Lipinski definition) is 2. The lowest BCUT2D eigenvalue weighted by molar-refractivity contribution is 0.148. The number of urea groups is 1. The van der Waals surface area contributed by atoms with Gasteiger partial charge in [0.05, 0.1) is 0 Å². The van der Waals surface area contributed by atoms with Crippen molar-refractivity contribution in [2.24, 2.45) is 0 Å². The van der Waals surface area contributed by atoms with Crippen molar-refractivity contribution < 1.29 is 4.79 Å². The first-order valence-corrected chi connectivity index (χ1v) is 11.8. The molecule has 2 amide bonds. The quantitative estimate of drug-likeness (QED) is 0.735. The van der Waals surface area contributed by atoms with Crippen molar-refractivity contribution in [3.63, 3.8) is 0 Å². The standard InChI is InChI=1S/C22H32N6OS/c1-27-11-13-28(14-12-27)16-18-9-7-17(8-10-18)15-23-21(29)24-22-26-25-20(30-22)19-5-3-2-4-6-19/h7-10,19H,2-6,11-16H2,1H3,(H2,23,24,26,29). The van der Waals surface area contributed by atoms with Crippen molar-refractivity contribution in [2.45, 2.75) is 51.1 Å². The summed E-state index contributed by atoms with van der Waals surface area (Å²) in [4.78, 5) is 17.1. The Balaban J connectivity index is 1.20. The van der Waals surface area contributed by atoms with Crippen molar-refractivity contribution in [1.29, 1.82) is 0 Å². The summed E-state index contributed by atoms with van der Waals surface area (Å²) in [5, 5.41) is 15.8. The number of amides is 2. The van der Waals surface area contributed by atoms with E-state index in [4.69, 9.17) is 0 Å². The van der Waals surface area contributed by atoms with Crippen molar-refractivity contribution >= 4 is 22.5 Å². The minimum atomic E-state index is -0.233. The molecule has 0 atom stereocenters. The highest BCUT2D eigenvalue weighted by Gasteiger charge is 2.20. The molecule has 7 nitrogen and oxygen atoms in total. The zero-order valence-corrected chi connectivity index (χ0v) is 18.6. The van der Waals surface area contributed by atoms with Gasteiger partial charge in [0.25, 0.3) is 0 Å². The second-order valence-corrected chi connectivity index (χ2v) is 9.49. The van der Waals surface area contributed by atoms with Crippen LogP contribution in [0.4, 0.5) is 9.93 Å². The van der Waals surface area contributed by atoms with E-state index in [9.17, 15) is 4.79 Å². The molecule has 2 N–H and O–H groups in total. The molecule has 1 saturated carbocycles. The molecule has 1 saturated heterocycles. The Morgan fingerprint density at radius 3 is 2.47 bits per heavy atom. The van der Waals surface area contributed by atoms with Crippen molar-refractivity contribution in [3.8, 4) is 0 Å². The van der Waals surface area contributed by atoms with Crippen LogP contribution in [-0.4, -0.2) is 59.3 Å². The molecular formula is C22H32N6OS. The summed E-state index contributed by atoms with van der Waals surface area (Å²) in [5.74, 6) is 0.513. The molecule has 1 aliphatic carbocycles. The monoisotopic (exact) mass is 428 g/mol. The normalized spacial score (nSPS) is 19.0. The van der Waals surface area contributed by atoms with Crippen LogP contribution in [0.5, 0.6) is 0 Å². The van der Waals surface area contributed by atoms with Gasteiger partial charge in [-0.1, -0.05) is 54.9 Å². The van der Waals surface area contributed by atoms with E-state index in [1.165, 1.54) is 49.0 Å². The number of piperazine rings is 1. The topological polar surface area (TPSA) is 73.4 Å². The van der Waals surface area contributed by atoms with Gasteiger partial charge in [0.2, 0.25) is 5.13 Å². The number of benzene rings is 1. The highest BCUT2D eigenvalue weighted by atomic mass is 32.1. The Kier molecular flexibility index (Phi) is 7.30. The van der Waals surface area contributed by atoms with Crippen LogP contribution in [0.15, 0.2) is 24.3 Å². The molecule has 1 aliphatic heterocycles. The third-order valence-electron chi connectivity index (χ3n) is 6.09. The highest BCUT2D eigenvalue weighted by molar-refractivity contribution is 7.15. The minimum absolute atomic E-state index is 0.233. The molecule has 0 bridgehead atoms. The Morgan fingerprint density at radius 1 is 1.03 bits per heavy atom. The van der Waals surface area contributed by atoms with E-state index in [0.717, 1.165) is 43.3 Å². The molecular weight excluding hydrogens is 396 g/mol. The molecule has 2 aromatic rings. The van der Waals surface area contributed by atoms with Gasteiger partial charge in [-0.05, 0) is 31.0 Å². The average Bonchev–Trinajstić information content (AvgIpc) is 3.24. The number of carbonyl (C=O) groups excluding carboxylic acids is 1. The van der Waals surface area contributed by atoms with Gasteiger partial charge >= 0.3 is 6.03 Å². The van der Waals surface area contributed by atoms with Gasteiger partial charge in [0.1, 0.15) is 5.01 Å². The first kappa shape index (κ1) is 21.2. The van der Waals surface area contributed by atoms with E-state index in [1.807, 2.05) is 0 Å². The Morgan fingerprint density at radius 2 is 1.73 bits per heavy atom.